The number of nitrogens with one attached hydrogen (secondary N) is 1. The molecule has 0 amide bonds. The number of nitrogens with two attached hydrogens (primary N) is 2. The molecular formula is C28H32N7O6P. The lowest BCUT2D eigenvalue weighted by Crippen LogP contribution is -2.40. The van der Waals surface area contributed by atoms with Gasteiger partial charge in [0.15, 0.2) is 11.5 Å². The maximum Gasteiger partial charge on any atom is 0.458 e. The van der Waals surface area contributed by atoms with Crippen LogP contribution in [0.4, 0.5) is 5.82 Å². The summed E-state index contributed by atoms with van der Waals surface area (Å²) in [5.74, 6) is -0.0269. The van der Waals surface area contributed by atoms with Crippen LogP contribution in [-0.2, 0) is 36.3 Å². The third kappa shape index (κ3) is 7.38. The van der Waals surface area contributed by atoms with Crippen LogP contribution in [0, 0.1) is 5.92 Å². The average Bonchev–Trinajstić information content (AvgIpc) is 3.64. The van der Waals surface area contributed by atoms with E-state index in [0.29, 0.717) is 29.2 Å². The third-order valence-corrected chi connectivity index (χ3v) is 7.71. The standard InChI is InChI=1S/C28H32N7O6P/c1-38-23-11-8-19(9-12-23)14-24(34-39-15-20-5-3-2-4-6-20)28(36)41-42(30,37)40-16-21-7-10-22(13-21)35-18-33-25-26(29)31-17-32-27(25)35/h2-12,17-18,21-22,24,34H,13-16H2,1H3,(H2,30,37)(H2,29,31,32)/t21-,22+,24-,42?/m0/s1. The molecule has 4 aromatic rings. The van der Waals surface area contributed by atoms with Gasteiger partial charge in [-0.3, -0.25) is 9.36 Å². The number of anilines is 1. The number of nitrogen functional groups attached to an aromatic ring is 1. The normalized spacial score (nSPS) is 18.5. The Hall–Kier alpha value is -4.13. The molecule has 2 aromatic heterocycles. The second kappa shape index (κ2) is 13.2. The lowest BCUT2D eigenvalue weighted by molar-refractivity contribution is -0.142. The summed E-state index contributed by atoms with van der Waals surface area (Å²) in [4.78, 5) is 31.2. The van der Waals surface area contributed by atoms with E-state index in [-0.39, 0.29) is 31.6 Å². The van der Waals surface area contributed by atoms with Crippen molar-refractivity contribution in [1.82, 2.24) is 25.0 Å². The lowest BCUT2D eigenvalue weighted by atomic mass is 10.1. The summed E-state index contributed by atoms with van der Waals surface area (Å²) in [6.45, 7) is 0.183. The molecule has 0 bridgehead atoms. The number of carbonyl (C=O) groups is 1. The first-order valence-corrected chi connectivity index (χ1v) is 14.8. The van der Waals surface area contributed by atoms with E-state index in [4.69, 9.17) is 29.9 Å². The number of rotatable bonds is 13. The fourth-order valence-corrected chi connectivity index (χ4v) is 5.41. The molecule has 1 unspecified atom stereocenters. The predicted octanol–water partition coefficient (Wildman–Crippen LogP) is 3.49. The molecule has 0 saturated heterocycles. The molecule has 0 saturated carbocycles. The summed E-state index contributed by atoms with van der Waals surface area (Å²) < 4.78 is 30.7. The maximum atomic E-state index is 13.1. The molecule has 5 N–H and O–H groups in total. The molecule has 220 valence electrons. The highest BCUT2D eigenvalue weighted by Gasteiger charge is 2.32. The van der Waals surface area contributed by atoms with Gasteiger partial charge in [0.1, 0.15) is 23.6 Å². The highest BCUT2D eigenvalue weighted by Crippen LogP contribution is 2.42. The van der Waals surface area contributed by atoms with Gasteiger partial charge in [-0.05, 0) is 29.7 Å². The van der Waals surface area contributed by atoms with Gasteiger partial charge in [0, 0.05) is 12.3 Å². The smallest absolute Gasteiger partial charge is 0.458 e. The third-order valence-electron chi connectivity index (χ3n) is 6.77. The Bertz CT molecular complexity index is 1580. The molecule has 0 aliphatic heterocycles. The number of hydroxylamine groups is 1. The predicted molar refractivity (Wildman–Crippen MR) is 155 cm³/mol. The largest absolute Gasteiger partial charge is 0.497 e. The maximum absolute atomic E-state index is 13.1. The van der Waals surface area contributed by atoms with Gasteiger partial charge in [-0.15, -0.1) is 0 Å². The fourth-order valence-electron chi connectivity index (χ4n) is 4.58. The van der Waals surface area contributed by atoms with Gasteiger partial charge < -0.3 is 19.6 Å². The molecular weight excluding hydrogens is 561 g/mol. The summed E-state index contributed by atoms with van der Waals surface area (Å²) in [5, 5.41) is 0. The van der Waals surface area contributed by atoms with Crippen molar-refractivity contribution in [3.63, 3.8) is 0 Å². The SMILES string of the molecule is COc1ccc(C[C@H](NOCc2ccccc2)C(=O)OP(N)(=O)OC[C@H]2C=C[C@@H](n3cnc4c(N)ncnc43)C2)cc1. The molecule has 2 aromatic carbocycles. The first-order chi connectivity index (χ1) is 20.3. The van der Waals surface area contributed by atoms with E-state index in [9.17, 15) is 9.36 Å². The number of hydrogen-bond donors (Lipinski definition) is 3. The zero-order chi connectivity index (χ0) is 29.5. The minimum absolute atomic E-state index is 0.0150. The summed E-state index contributed by atoms with van der Waals surface area (Å²) in [6.07, 6.45) is 7.72. The van der Waals surface area contributed by atoms with Crippen LogP contribution in [0.15, 0.2) is 79.4 Å². The van der Waals surface area contributed by atoms with Crippen molar-refractivity contribution in [2.45, 2.75) is 31.5 Å². The number of aromatic nitrogens is 4. The van der Waals surface area contributed by atoms with Gasteiger partial charge >= 0.3 is 13.7 Å². The molecule has 0 radical (unpaired) electrons. The molecule has 0 fully saturated rings. The van der Waals surface area contributed by atoms with Crippen molar-refractivity contribution in [2.75, 3.05) is 19.5 Å². The molecule has 0 spiro atoms. The van der Waals surface area contributed by atoms with E-state index in [1.54, 1.807) is 25.6 Å². The highest BCUT2D eigenvalue weighted by molar-refractivity contribution is 7.51. The van der Waals surface area contributed by atoms with Crippen LogP contribution in [0.2, 0.25) is 0 Å². The van der Waals surface area contributed by atoms with Crippen LogP contribution in [0.1, 0.15) is 23.6 Å². The number of hydrogen-bond acceptors (Lipinski definition) is 11. The Kier molecular flexibility index (Phi) is 9.25. The first-order valence-electron chi connectivity index (χ1n) is 13.2. The second-order valence-corrected chi connectivity index (χ2v) is 11.3. The van der Waals surface area contributed by atoms with Crippen molar-refractivity contribution >= 4 is 30.7 Å². The summed E-state index contributed by atoms with van der Waals surface area (Å²) in [6, 6.07) is 15.5. The van der Waals surface area contributed by atoms with E-state index >= 15 is 0 Å². The summed E-state index contributed by atoms with van der Waals surface area (Å²) in [5.41, 5.74) is 17.3. The van der Waals surface area contributed by atoms with Crippen LogP contribution >= 0.6 is 7.75 Å². The highest BCUT2D eigenvalue weighted by atomic mass is 31.2. The summed E-state index contributed by atoms with van der Waals surface area (Å²) in [7, 11) is -2.67. The van der Waals surface area contributed by atoms with Gasteiger partial charge in [0.25, 0.3) is 0 Å². The molecule has 1 aliphatic rings. The van der Waals surface area contributed by atoms with E-state index in [1.165, 1.54) is 6.33 Å². The van der Waals surface area contributed by atoms with Crippen LogP contribution in [0.25, 0.3) is 11.2 Å². The number of allylic oxidation sites excluding steroid dienone is 1. The molecule has 14 heteroatoms. The van der Waals surface area contributed by atoms with Crippen molar-refractivity contribution in [3.8, 4) is 5.75 Å². The Morgan fingerprint density at radius 2 is 1.88 bits per heavy atom. The van der Waals surface area contributed by atoms with E-state index in [2.05, 4.69) is 20.4 Å². The van der Waals surface area contributed by atoms with Gasteiger partial charge in [-0.1, -0.05) is 54.6 Å². The molecule has 4 atom stereocenters. The fraction of sp³-hybridized carbons (Fsp3) is 0.286. The van der Waals surface area contributed by atoms with Crippen LogP contribution < -0.4 is 21.5 Å². The van der Waals surface area contributed by atoms with Crippen molar-refractivity contribution in [3.05, 3.63) is 90.5 Å². The number of nitrogens with zero attached hydrogens (tertiary/aromatic N) is 4. The number of methoxy groups -OCH3 is 1. The van der Waals surface area contributed by atoms with Gasteiger partial charge in [-0.2, -0.15) is 5.48 Å². The number of imidazole rings is 1. The quantitative estimate of drug-likeness (QED) is 0.117. The lowest BCUT2D eigenvalue weighted by Gasteiger charge is -2.21. The molecule has 5 rings (SSSR count). The number of carbonyl (C=O) groups excluding carboxylic acids is 1. The number of fused-ring (bicyclic) bond motifs is 1. The van der Waals surface area contributed by atoms with Crippen molar-refractivity contribution in [1.29, 1.82) is 0 Å². The van der Waals surface area contributed by atoms with Gasteiger partial charge in [0.2, 0.25) is 0 Å². The van der Waals surface area contributed by atoms with Crippen molar-refractivity contribution in [2.24, 2.45) is 11.4 Å². The Balaban J connectivity index is 1.17. The minimum Gasteiger partial charge on any atom is -0.497 e. The topological polar surface area (TPSA) is 179 Å². The molecule has 2 heterocycles. The van der Waals surface area contributed by atoms with Crippen molar-refractivity contribution < 1.29 is 28.0 Å². The summed E-state index contributed by atoms with van der Waals surface area (Å²) >= 11 is 0. The number of ether oxygens (including phenoxy) is 1. The number of benzene rings is 2. The van der Waals surface area contributed by atoms with Crippen LogP contribution in [-0.4, -0.2) is 45.2 Å². The van der Waals surface area contributed by atoms with E-state index in [1.807, 2.05) is 59.2 Å². The second-order valence-electron chi connectivity index (χ2n) is 9.77. The first kappa shape index (κ1) is 29.4. The molecule has 42 heavy (non-hydrogen) atoms. The molecule has 1 aliphatic carbocycles. The Morgan fingerprint density at radius 3 is 2.64 bits per heavy atom. The van der Waals surface area contributed by atoms with Gasteiger partial charge in [-0.25, -0.2) is 29.8 Å². The zero-order valence-corrected chi connectivity index (χ0v) is 23.8. The van der Waals surface area contributed by atoms with Gasteiger partial charge in [0.05, 0.1) is 32.7 Å². The monoisotopic (exact) mass is 593 g/mol. The Labute approximate surface area is 242 Å². The van der Waals surface area contributed by atoms with E-state index in [0.717, 1.165) is 11.1 Å². The molecule has 13 nitrogen and oxygen atoms in total. The minimum atomic E-state index is -4.24. The van der Waals surface area contributed by atoms with Crippen LogP contribution in [0.3, 0.4) is 0 Å². The zero-order valence-electron chi connectivity index (χ0n) is 22.9. The average molecular weight is 594 g/mol. The van der Waals surface area contributed by atoms with E-state index < -0.39 is 19.8 Å². The van der Waals surface area contributed by atoms with Crippen LogP contribution in [0.5, 0.6) is 5.75 Å². The Morgan fingerprint density at radius 1 is 1.10 bits per heavy atom.